The van der Waals surface area contributed by atoms with E-state index in [1.54, 1.807) is 12.3 Å². The first-order chi connectivity index (χ1) is 8.70. The number of aromatic nitrogens is 2. The van der Waals surface area contributed by atoms with E-state index in [9.17, 15) is 0 Å². The van der Waals surface area contributed by atoms with Crippen LogP contribution in [0.1, 0.15) is 11.4 Å². The molecular formula is C13H16ClN3O. The fourth-order valence-electron chi connectivity index (χ4n) is 1.69. The van der Waals surface area contributed by atoms with Crippen molar-refractivity contribution in [3.05, 3.63) is 47.0 Å². The van der Waals surface area contributed by atoms with Crippen molar-refractivity contribution < 1.29 is 4.74 Å². The molecule has 0 radical (unpaired) electrons. The third kappa shape index (κ3) is 3.03. The van der Waals surface area contributed by atoms with Crippen molar-refractivity contribution in [1.82, 2.24) is 9.55 Å². The Balaban J connectivity index is 1.91. The number of nitrogens with zero attached hydrogens (tertiary/aromatic N) is 2. The Labute approximate surface area is 111 Å². The molecule has 0 aliphatic carbocycles. The van der Waals surface area contributed by atoms with E-state index in [0.29, 0.717) is 18.2 Å². The second-order valence-corrected chi connectivity index (χ2v) is 4.38. The van der Waals surface area contributed by atoms with Crippen molar-refractivity contribution in [2.45, 2.75) is 20.0 Å². The summed E-state index contributed by atoms with van der Waals surface area (Å²) in [5, 5.41) is 0.647. The molecule has 96 valence electrons. The molecule has 2 rings (SSSR count). The number of nitrogens with two attached hydrogens (primary N) is 1. The lowest BCUT2D eigenvalue weighted by molar-refractivity contribution is 0.297. The van der Waals surface area contributed by atoms with Gasteiger partial charge in [0.25, 0.3) is 0 Å². The molecule has 0 amide bonds. The number of ether oxygens (including phenoxy) is 1. The number of rotatable bonds is 5. The molecule has 4 nitrogen and oxygen atoms in total. The monoisotopic (exact) mass is 265 g/mol. The first kappa shape index (κ1) is 12.9. The van der Waals surface area contributed by atoms with Gasteiger partial charge in [0, 0.05) is 24.0 Å². The van der Waals surface area contributed by atoms with E-state index in [1.807, 2.05) is 29.8 Å². The summed E-state index contributed by atoms with van der Waals surface area (Å²) in [7, 11) is 0. The third-order valence-corrected chi connectivity index (χ3v) is 3.12. The zero-order valence-electron chi connectivity index (χ0n) is 10.3. The molecule has 2 aromatic rings. The molecule has 0 aliphatic rings. The zero-order valence-corrected chi connectivity index (χ0v) is 11.0. The topological polar surface area (TPSA) is 53.1 Å². The smallest absolute Gasteiger partial charge is 0.120 e. The molecule has 1 aromatic heterocycles. The fourth-order valence-corrected chi connectivity index (χ4v) is 1.93. The van der Waals surface area contributed by atoms with Crippen LogP contribution in [0.15, 0.2) is 30.6 Å². The van der Waals surface area contributed by atoms with Gasteiger partial charge in [-0.15, -0.1) is 0 Å². The minimum Gasteiger partial charge on any atom is -0.492 e. The summed E-state index contributed by atoms with van der Waals surface area (Å²) < 4.78 is 7.68. The predicted molar refractivity (Wildman–Crippen MR) is 71.8 cm³/mol. The first-order valence-electron chi connectivity index (χ1n) is 5.79. The Morgan fingerprint density at radius 1 is 1.44 bits per heavy atom. The average Bonchev–Trinajstić information content (AvgIpc) is 2.75. The largest absolute Gasteiger partial charge is 0.492 e. The number of halogens is 1. The van der Waals surface area contributed by atoms with Gasteiger partial charge in [-0.1, -0.05) is 17.7 Å². The van der Waals surface area contributed by atoms with Gasteiger partial charge in [-0.3, -0.25) is 0 Å². The molecule has 0 unspecified atom stereocenters. The van der Waals surface area contributed by atoms with Gasteiger partial charge in [0.05, 0.1) is 6.54 Å². The first-order valence-corrected chi connectivity index (χ1v) is 6.17. The molecular weight excluding hydrogens is 250 g/mol. The molecule has 5 heteroatoms. The summed E-state index contributed by atoms with van der Waals surface area (Å²) in [4.78, 5) is 4.15. The Morgan fingerprint density at radius 2 is 2.28 bits per heavy atom. The van der Waals surface area contributed by atoms with Crippen LogP contribution < -0.4 is 10.5 Å². The SMILES string of the molecule is Cc1nccn1CCOc1ccc(CN)c(Cl)c1. The molecule has 2 N–H and O–H groups in total. The normalized spacial score (nSPS) is 10.6. The lowest BCUT2D eigenvalue weighted by Crippen LogP contribution is -2.09. The summed E-state index contributed by atoms with van der Waals surface area (Å²) in [6, 6.07) is 5.57. The minimum absolute atomic E-state index is 0.438. The Kier molecular flexibility index (Phi) is 4.23. The van der Waals surface area contributed by atoms with Gasteiger partial charge in [0.15, 0.2) is 0 Å². The van der Waals surface area contributed by atoms with E-state index in [0.717, 1.165) is 23.7 Å². The lowest BCUT2D eigenvalue weighted by atomic mass is 10.2. The van der Waals surface area contributed by atoms with Crippen LogP contribution in [0.2, 0.25) is 5.02 Å². The van der Waals surface area contributed by atoms with Crippen molar-refractivity contribution in [3.8, 4) is 5.75 Å². The average molecular weight is 266 g/mol. The van der Waals surface area contributed by atoms with E-state index in [2.05, 4.69) is 4.98 Å². The summed E-state index contributed by atoms with van der Waals surface area (Å²) in [5.41, 5.74) is 6.47. The third-order valence-electron chi connectivity index (χ3n) is 2.77. The van der Waals surface area contributed by atoms with E-state index < -0.39 is 0 Å². The highest BCUT2D eigenvalue weighted by Crippen LogP contribution is 2.22. The van der Waals surface area contributed by atoms with Crippen LogP contribution in [0.25, 0.3) is 0 Å². The maximum atomic E-state index is 6.06. The highest BCUT2D eigenvalue weighted by Gasteiger charge is 2.02. The number of imidazole rings is 1. The molecule has 1 heterocycles. The summed E-state index contributed by atoms with van der Waals surface area (Å²) in [6.07, 6.45) is 3.71. The van der Waals surface area contributed by atoms with Crippen molar-refractivity contribution in [2.24, 2.45) is 5.73 Å². The molecule has 0 fully saturated rings. The molecule has 0 spiro atoms. The van der Waals surface area contributed by atoms with Gasteiger partial charge in [0.1, 0.15) is 18.2 Å². The van der Waals surface area contributed by atoms with Gasteiger partial charge in [-0.05, 0) is 24.6 Å². The maximum Gasteiger partial charge on any atom is 0.120 e. The number of hydrogen-bond acceptors (Lipinski definition) is 3. The minimum atomic E-state index is 0.438. The summed E-state index contributed by atoms with van der Waals surface area (Å²) >= 11 is 6.06. The zero-order chi connectivity index (χ0) is 13.0. The lowest BCUT2D eigenvalue weighted by Gasteiger charge is -2.09. The second kappa shape index (κ2) is 5.89. The standard InChI is InChI=1S/C13H16ClN3O/c1-10-16-4-5-17(10)6-7-18-12-3-2-11(9-15)13(14)8-12/h2-5,8H,6-7,9,15H2,1H3. The van der Waals surface area contributed by atoms with Gasteiger partial charge in [-0.2, -0.15) is 0 Å². The van der Waals surface area contributed by atoms with Gasteiger partial charge >= 0.3 is 0 Å². The van der Waals surface area contributed by atoms with Crippen LogP contribution in [0.4, 0.5) is 0 Å². The van der Waals surface area contributed by atoms with Crippen LogP contribution in [-0.2, 0) is 13.1 Å². The van der Waals surface area contributed by atoms with E-state index in [4.69, 9.17) is 22.1 Å². The molecule has 0 atom stereocenters. The molecule has 1 aromatic carbocycles. The predicted octanol–water partition coefficient (Wildman–Crippen LogP) is 2.38. The number of benzene rings is 1. The molecule has 0 saturated carbocycles. The second-order valence-electron chi connectivity index (χ2n) is 3.97. The Hall–Kier alpha value is -1.52. The van der Waals surface area contributed by atoms with Crippen molar-refractivity contribution in [1.29, 1.82) is 0 Å². The van der Waals surface area contributed by atoms with Gasteiger partial charge in [-0.25, -0.2) is 4.98 Å². The number of aryl methyl sites for hydroxylation is 1. The fraction of sp³-hybridized carbons (Fsp3) is 0.308. The maximum absolute atomic E-state index is 6.06. The summed E-state index contributed by atoms with van der Waals surface area (Å²) in [6.45, 7) is 3.75. The van der Waals surface area contributed by atoms with Crippen LogP contribution in [0.5, 0.6) is 5.75 Å². The van der Waals surface area contributed by atoms with Gasteiger partial charge in [0.2, 0.25) is 0 Å². The van der Waals surface area contributed by atoms with Crippen LogP contribution in [-0.4, -0.2) is 16.2 Å². The highest BCUT2D eigenvalue weighted by atomic mass is 35.5. The highest BCUT2D eigenvalue weighted by molar-refractivity contribution is 6.31. The van der Waals surface area contributed by atoms with E-state index in [-0.39, 0.29) is 0 Å². The Bertz CT molecular complexity index is 525. The molecule has 18 heavy (non-hydrogen) atoms. The van der Waals surface area contributed by atoms with Crippen LogP contribution in [0, 0.1) is 6.92 Å². The quantitative estimate of drug-likeness (QED) is 0.903. The molecule has 0 bridgehead atoms. The molecule has 0 saturated heterocycles. The van der Waals surface area contributed by atoms with Crippen LogP contribution >= 0.6 is 11.6 Å². The van der Waals surface area contributed by atoms with E-state index in [1.165, 1.54) is 0 Å². The number of hydrogen-bond donors (Lipinski definition) is 1. The van der Waals surface area contributed by atoms with Crippen molar-refractivity contribution in [2.75, 3.05) is 6.61 Å². The summed E-state index contributed by atoms with van der Waals surface area (Å²) in [5.74, 6) is 1.74. The Morgan fingerprint density at radius 3 is 2.89 bits per heavy atom. The van der Waals surface area contributed by atoms with Crippen molar-refractivity contribution in [3.63, 3.8) is 0 Å². The van der Waals surface area contributed by atoms with E-state index >= 15 is 0 Å². The van der Waals surface area contributed by atoms with Crippen LogP contribution in [0.3, 0.4) is 0 Å². The van der Waals surface area contributed by atoms with Gasteiger partial charge < -0.3 is 15.0 Å². The molecule has 0 aliphatic heterocycles. The van der Waals surface area contributed by atoms with Crippen molar-refractivity contribution >= 4 is 11.6 Å².